The van der Waals surface area contributed by atoms with Crippen LogP contribution in [-0.4, -0.2) is 19.1 Å². The van der Waals surface area contributed by atoms with Crippen LogP contribution >= 0.6 is 0 Å². The summed E-state index contributed by atoms with van der Waals surface area (Å²) in [4.78, 5) is 56.9. The lowest BCUT2D eigenvalue weighted by Crippen LogP contribution is -2.33. The van der Waals surface area contributed by atoms with E-state index in [0.29, 0.717) is 33.2 Å². The van der Waals surface area contributed by atoms with Crippen molar-refractivity contribution < 1.29 is 0 Å². The zero-order valence-corrected chi connectivity index (χ0v) is 21.8. The van der Waals surface area contributed by atoms with E-state index in [9.17, 15) is 19.2 Å². The highest BCUT2D eigenvalue weighted by Gasteiger charge is 2.11. The molecular weight excluding hydrogens is 504 g/mol. The highest BCUT2D eigenvalue weighted by molar-refractivity contribution is 5.79. The minimum Gasteiger partial charge on any atom is -0.306 e. The van der Waals surface area contributed by atoms with Crippen molar-refractivity contribution in [2.24, 2.45) is 0 Å². The van der Waals surface area contributed by atoms with E-state index in [4.69, 9.17) is 0 Å². The smallest absolute Gasteiger partial charge is 0.306 e. The average Bonchev–Trinajstić information content (AvgIpc) is 2.94. The van der Waals surface area contributed by atoms with Crippen LogP contribution in [0.25, 0.3) is 45.3 Å². The summed E-state index contributed by atoms with van der Waals surface area (Å²) in [6, 6.07) is 24.9. The van der Waals surface area contributed by atoms with Crippen LogP contribution in [0.5, 0.6) is 0 Å². The van der Waals surface area contributed by atoms with Crippen LogP contribution in [0.1, 0.15) is 22.3 Å². The van der Waals surface area contributed by atoms with Gasteiger partial charge in [0.2, 0.25) is 0 Å². The number of fused-ring (bicyclic) bond motifs is 2. The second-order valence-corrected chi connectivity index (χ2v) is 9.76. The number of nitrogens with one attached hydrogen (secondary N) is 2. The van der Waals surface area contributed by atoms with Crippen molar-refractivity contribution >= 4 is 34.0 Å². The standard InChI is InChI=1S/C32H24N4O4/c1-19-3-15-27-25(17-19)29(37)35(31(39)33-27)23-11-7-21(8-12-23)5-6-22-9-13-24(14-10-22)36-30(38)26-18-20(2)4-16-28(26)34-32(36)40/h3-18H,1-2H3,(H,33,39)(H,34,40)/b6-5+. The van der Waals surface area contributed by atoms with Crippen molar-refractivity contribution in [3.05, 3.63) is 149 Å². The van der Waals surface area contributed by atoms with E-state index in [0.717, 1.165) is 31.4 Å². The average molecular weight is 529 g/mol. The number of hydrogen-bond acceptors (Lipinski definition) is 4. The molecule has 6 aromatic rings. The van der Waals surface area contributed by atoms with Crippen LogP contribution < -0.4 is 22.5 Å². The molecule has 0 aliphatic carbocycles. The van der Waals surface area contributed by atoms with Crippen molar-refractivity contribution in [1.29, 1.82) is 0 Å². The molecule has 0 saturated carbocycles. The lowest BCUT2D eigenvalue weighted by Gasteiger charge is -2.08. The third-order valence-corrected chi connectivity index (χ3v) is 6.88. The molecule has 0 radical (unpaired) electrons. The van der Waals surface area contributed by atoms with Crippen molar-refractivity contribution in [3.8, 4) is 11.4 Å². The van der Waals surface area contributed by atoms with Crippen LogP contribution in [0.15, 0.2) is 104 Å². The Labute approximate surface area is 227 Å². The molecule has 8 heteroatoms. The molecule has 40 heavy (non-hydrogen) atoms. The van der Waals surface area contributed by atoms with Crippen LogP contribution in [-0.2, 0) is 0 Å². The van der Waals surface area contributed by atoms with Gasteiger partial charge in [0.25, 0.3) is 11.1 Å². The molecule has 8 nitrogen and oxygen atoms in total. The van der Waals surface area contributed by atoms with E-state index in [1.807, 2.05) is 62.4 Å². The van der Waals surface area contributed by atoms with E-state index >= 15 is 0 Å². The maximum absolute atomic E-state index is 13.0. The van der Waals surface area contributed by atoms with Gasteiger partial charge in [0, 0.05) is 0 Å². The second-order valence-electron chi connectivity index (χ2n) is 9.76. The van der Waals surface area contributed by atoms with Gasteiger partial charge in [-0.15, -0.1) is 0 Å². The van der Waals surface area contributed by atoms with E-state index < -0.39 is 11.4 Å². The summed E-state index contributed by atoms with van der Waals surface area (Å²) in [5, 5.41) is 0.908. The summed E-state index contributed by atoms with van der Waals surface area (Å²) in [7, 11) is 0. The minimum atomic E-state index is -0.496. The highest BCUT2D eigenvalue weighted by atomic mass is 16.2. The predicted octanol–water partition coefficient (Wildman–Crippen LogP) is 4.46. The van der Waals surface area contributed by atoms with Gasteiger partial charge in [-0.1, -0.05) is 59.7 Å². The number of aryl methyl sites for hydroxylation is 2. The molecule has 0 bridgehead atoms. The van der Waals surface area contributed by atoms with Crippen molar-refractivity contribution in [2.75, 3.05) is 0 Å². The Hall–Kier alpha value is -5.50. The Balaban J connectivity index is 1.27. The first-order valence-corrected chi connectivity index (χ1v) is 12.7. The van der Waals surface area contributed by atoms with Crippen LogP contribution in [0.2, 0.25) is 0 Å². The van der Waals surface area contributed by atoms with Crippen molar-refractivity contribution in [2.45, 2.75) is 13.8 Å². The third-order valence-electron chi connectivity index (χ3n) is 6.88. The van der Waals surface area contributed by atoms with Crippen LogP contribution in [0.4, 0.5) is 0 Å². The van der Waals surface area contributed by atoms with Gasteiger partial charge >= 0.3 is 11.4 Å². The number of hydrogen-bond donors (Lipinski definition) is 2. The van der Waals surface area contributed by atoms with Gasteiger partial charge in [0.1, 0.15) is 0 Å². The van der Waals surface area contributed by atoms with Gasteiger partial charge in [-0.2, -0.15) is 0 Å². The lowest BCUT2D eigenvalue weighted by molar-refractivity contribution is 0.901. The fourth-order valence-corrected chi connectivity index (χ4v) is 4.79. The van der Waals surface area contributed by atoms with Gasteiger partial charge in [-0.3, -0.25) is 9.59 Å². The molecule has 0 fully saturated rings. The summed E-state index contributed by atoms with van der Waals surface area (Å²) in [5.41, 5.74) is 3.82. The molecule has 0 unspecified atom stereocenters. The fraction of sp³-hybridized carbons (Fsp3) is 0.0625. The number of H-pyrrole nitrogens is 2. The Morgan fingerprint density at radius 2 is 0.900 bits per heavy atom. The van der Waals surface area contributed by atoms with Gasteiger partial charge in [-0.25, -0.2) is 18.7 Å². The maximum atomic E-state index is 13.0. The molecule has 6 rings (SSSR count). The molecule has 4 aromatic carbocycles. The molecule has 0 spiro atoms. The summed E-state index contributed by atoms with van der Waals surface area (Å²) in [6.07, 6.45) is 3.79. The number of rotatable bonds is 4. The topological polar surface area (TPSA) is 110 Å². The Kier molecular flexibility index (Phi) is 6.00. The monoisotopic (exact) mass is 528 g/mol. The number of aromatic amines is 2. The van der Waals surface area contributed by atoms with Crippen molar-refractivity contribution in [3.63, 3.8) is 0 Å². The quantitative estimate of drug-likeness (QED) is 0.329. The summed E-state index contributed by atoms with van der Waals surface area (Å²) < 4.78 is 2.26. The normalized spacial score (nSPS) is 11.6. The Morgan fingerprint density at radius 3 is 1.27 bits per heavy atom. The second kappa shape index (κ2) is 9.67. The highest BCUT2D eigenvalue weighted by Crippen LogP contribution is 2.15. The number of aromatic nitrogens is 4. The lowest BCUT2D eigenvalue weighted by atomic mass is 10.1. The summed E-state index contributed by atoms with van der Waals surface area (Å²) in [5.74, 6) is 0. The maximum Gasteiger partial charge on any atom is 0.333 e. The number of nitrogens with zero attached hydrogens (tertiary/aromatic N) is 2. The van der Waals surface area contributed by atoms with Gasteiger partial charge < -0.3 is 9.97 Å². The molecule has 2 N–H and O–H groups in total. The molecule has 0 atom stereocenters. The first kappa shape index (κ1) is 24.8. The molecule has 2 heterocycles. The van der Waals surface area contributed by atoms with E-state index in [2.05, 4.69) is 9.97 Å². The zero-order valence-electron chi connectivity index (χ0n) is 21.8. The molecule has 0 aliphatic rings. The first-order chi connectivity index (χ1) is 19.3. The Bertz CT molecular complexity index is 2040. The predicted molar refractivity (Wildman–Crippen MR) is 159 cm³/mol. The van der Waals surface area contributed by atoms with Crippen LogP contribution in [0, 0.1) is 13.8 Å². The molecular formula is C32H24N4O4. The van der Waals surface area contributed by atoms with Gasteiger partial charge in [0.05, 0.1) is 33.2 Å². The van der Waals surface area contributed by atoms with Crippen molar-refractivity contribution in [1.82, 2.24) is 19.1 Å². The van der Waals surface area contributed by atoms with Gasteiger partial charge in [-0.05, 0) is 73.5 Å². The van der Waals surface area contributed by atoms with Crippen LogP contribution in [0.3, 0.4) is 0 Å². The van der Waals surface area contributed by atoms with E-state index in [1.54, 1.807) is 48.5 Å². The molecule has 0 saturated heterocycles. The molecule has 196 valence electrons. The molecule has 0 amide bonds. The van der Waals surface area contributed by atoms with E-state index in [-0.39, 0.29) is 11.1 Å². The first-order valence-electron chi connectivity index (χ1n) is 12.7. The molecule has 0 aliphatic heterocycles. The van der Waals surface area contributed by atoms with E-state index in [1.165, 1.54) is 0 Å². The third kappa shape index (κ3) is 4.41. The number of benzene rings is 4. The zero-order chi connectivity index (χ0) is 28.0. The minimum absolute atomic E-state index is 0.370. The SMILES string of the molecule is Cc1ccc2[nH]c(=O)n(-c3ccc(/C=C/c4ccc(-n5c(=O)[nH]c6ccc(C)cc6c5=O)cc4)cc3)c(=O)c2c1. The fourth-order valence-electron chi connectivity index (χ4n) is 4.79. The summed E-state index contributed by atoms with van der Waals surface area (Å²) >= 11 is 0. The molecule has 2 aromatic heterocycles. The largest absolute Gasteiger partial charge is 0.333 e. The van der Waals surface area contributed by atoms with Gasteiger partial charge in [0.15, 0.2) is 0 Å². The summed E-state index contributed by atoms with van der Waals surface area (Å²) in [6.45, 7) is 3.79. The Morgan fingerprint density at radius 1 is 0.525 bits per heavy atom.